The molecule has 0 atom stereocenters. The zero-order valence-corrected chi connectivity index (χ0v) is 11.6. The van der Waals surface area contributed by atoms with Crippen molar-refractivity contribution in [2.45, 2.75) is 10.1 Å². The van der Waals surface area contributed by atoms with Crippen LogP contribution in [0.2, 0.25) is 0 Å². The van der Waals surface area contributed by atoms with Crippen molar-refractivity contribution < 1.29 is 0 Å². The minimum absolute atomic E-state index is 0.904. The van der Waals surface area contributed by atoms with E-state index < -0.39 is 0 Å². The van der Waals surface area contributed by atoms with E-state index in [1.807, 2.05) is 36.4 Å². The molecule has 2 aromatic heterocycles. The second kappa shape index (κ2) is 5.04. The molecule has 5 heteroatoms. The van der Waals surface area contributed by atoms with Crippen LogP contribution in [-0.4, -0.2) is 15.0 Å². The molecule has 1 aromatic carbocycles. The van der Waals surface area contributed by atoms with Crippen molar-refractivity contribution in [1.29, 1.82) is 0 Å². The lowest BCUT2D eigenvalue weighted by molar-refractivity contribution is 1.07. The van der Waals surface area contributed by atoms with Crippen molar-refractivity contribution in [2.75, 3.05) is 0 Å². The number of pyridine rings is 1. The van der Waals surface area contributed by atoms with Gasteiger partial charge in [-0.1, -0.05) is 18.2 Å². The maximum atomic E-state index is 4.34. The molecule has 0 saturated carbocycles. The Morgan fingerprint density at radius 3 is 2.67 bits per heavy atom. The van der Waals surface area contributed by atoms with Crippen molar-refractivity contribution >= 4 is 38.6 Å². The summed E-state index contributed by atoms with van der Waals surface area (Å²) in [5, 5.41) is 2.86. The lowest BCUT2D eigenvalue weighted by atomic mass is 10.2. The van der Waals surface area contributed by atoms with Crippen molar-refractivity contribution in [1.82, 2.24) is 15.0 Å². The molecule has 0 aliphatic carbocycles. The summed E-state index contributed by atoms with van der Waals surface area (Å²) in [4.78, 5) is 12.9. The van der Waals surface area contributed by atoms with E-state index in [1.165, 1.54) is 11.8 Å². The van der Waals surface area contributed by atoms with Gasteiger partial charge in [-0.05, 0) is 45.9 Å². The average molecular weight is 318 g/mol. The van der Waals surface area contributed by atoms with Crippen molar-refractivity contribution in [2.24, 2.45) is 0 Å². The molecule has 18 heavy (non-hydrogen) atoms. The second-order valence-electron chi connectivity index (χ2n) is 3.59. The lowest BCUT2D eigenvalue weighted by Gasteiger charge is -2.04. The van der Waals surface area contributed by atoms with Crippen LogP contribution in [0.15, 0.2) is 63.4 Å². The van der Waals surface area contributed by atoms with Crippen LogP contribution in [0.1, 0.15) is 0 Å². The summed E-state index contributed by atoms with van der Waals surface area (Å²) in [6.45, 7) is 0. The molecule has 0 bridgehead atoms. The number of fused-ring (bicyclic) bond motifs is 1. The standard InChI is InChI=1S/C13H8BrN3S/c14-10-5-3-7-15-13(10)18-12-9-4-1-2-6-11(9)16-8-17-12/h1-8H. The Balaban J connectivity index is 2.08. The molecule has 0 radical (unpaired) electrons. The third-order valence-electron chi connectivity index (χ3n) is 2.42. The van der Waals surface area contributed by atoms with Crippen LogP contribution in [0.25, 0.3) is 10.9 Å². The van der Waals surface area contributed by atoms with Gasteiger partial charge in [0.05, 0.1) is 9.99 Å². The van der Waals surface area contributed by atoms with Crippen LogP contribution < -0.4 is 0 Å². The zero-order valence-electron chi connectivity index (χ0n) is 9.25. The SMILES string of the molecule is Brc1cccnc1Sc1ncnc2ccccc12. The predicted molar refractivity (Wildman–Crippen MR) is 75.6 cm³/mol. The predicted octanol–water partition coefficient (Wildman–Crippen LogP) is 3.94. The fourth-order valence-corrected chi connectivity index (χ4v) is 2.94. The van der Waals surface area contributed by atoms with E-state index in [1.54, 1.807) is 12.5 Å². The Morgan fingerprint density at radius 2 is 1.78 bits per heavy atom. The van der Waals surface area contributed by atoms with Crippen LogP contribution in [0.4, 0.5) is 0 Å². The highest BCUT2D eigenvalue weighted by atomic mass is 79.9. The molecule has 3 rings (SSSR count). The van der Waals surface area contributed by atoms with Crippen LogP contribution in [-0.2, 0) is 0 Å². The molecule has 0 amide bonds. The Morgan fingerprint density at radius 1 is 0.889 bits per heavy atom. The summed E-state index contributed by atoms with van der Waals surface area (Å²) in [6.07, 6.45) is 3.36. The van der Waals surface area contributed by atoms with Gasteiger partial charge in [0.15, 0.2) is 0 Å². The molecule has 0 unspecified atom stereocenters. The molecule has 3 aromatic rings. The van der Waals surface area contributed by atoms with Gasteiger partial charge in [-0.3, -0.25) is 0 Å². The van der Waals surface area contributed by atoms with Crippen LogP contribution in [0, 0.1) is 0 Å². The third-order valence-corrected chi connectivity index (χ3v) is 4.36. The van der Waals surface area contributed by atoms with Gasteiger partial charge in [0.1, 0.15) is 16.4 Å². The minimum atomic E-state index is 0.904. The normalized spacial score (nSPS) is 10.7. The molecular weight excluding hydrogens is 310 g/mol. The highest BCUT2D eigenvalue weighted by Crippen LogP contribution is 2.33. The summed E-state index contributed by atoms with van der Waals surface area (Å²) in [5.74, 6) is 0. The van der Waals surface area contributed by atoms with Crippen molar-refractivity contribution in [3.05, 3.63) is 53.4 Å². The summed E-state index contributed by atoms with van der Waals surface area (Å²) in [6, 6.07) is 11.8. The highest BCUT2D eigenvalue weighted by Gasteiger charge is 2.08. The lowest BCUT2D eigenvalue weighted by Crippen LogP contribution is -1.88. The quantitative estimate of drug-likeness (QED) is 0.671. The topological polar surface area (TPSA) is 38.7 Å². The Kier molecular flexibility index (Phi) is 3.25. The molecular formula is C13H8BrN3S. The molecule has 0 saturated heterocycles. The first-order valence-corrected chi connectivity index (χ1v) is 6.93. The maximum Gasteiger partial charge on any atom is 0.117 e. The minimum Gasteiger partial charge on any atom is -0.248 e. The first kappa shape index (κ1) is 11.6. The summed E-state index contributed by atoms with van der Waals surface area (Å²) < 4.78 is 0.970. The maximum absolute atomic E-state index is 4.34. The average Bonchev–Trinajstić information content (AvgIpc) is 2.42. The Labute approximate surface area is 117 Å². The van der Waals surface area contributed by atoms with E-state index in [9.17, 15) is 0 Å². The Bertz CT molecular complexity index is 697. The highest BCUT2D eigenvalue weighted by molar-refractivity contribution is 9.10. The Hall–Kier alpha value is -1.46. The van der Waals surface area contributed by atoms with Crippen LogP contribution >= 0.6 is 27.7 Å². The van der Waals surface area contributed by atoms with E-state index in [2.05, 4.69) is 30.9 Å². The summed E-state index contributed by atoms with van der Waals surface area (Å²) in [7, 11) is 0. The smallest absolute Gasteiger partial charge is 0.117 e. The van der Waals surface area contributed by atoms with E-state index in [4.69, 9.17) is 0 Å². The molecule has 3 nitrogen and oxygen atoms in total. The number of benzene rings is 1. The van der Waals surface area contributed by atoms with Gasteiger partial charge < -0.3 is 0 Å². The first-order chi connectivity index (χ1) is 8.84. The molecule has 0 fully saturated rings. The number of rotatable bonds is 2. The number of aromatic nitrogens is 3. The van der Waals surface area contributed by atoms with E-state index in [0.717, 1.165) is 25.4 Å². The second-order valence-corrected chi connectivity index (χ2v) is 5.42. The molecule has 2 heterocycles. The first-order valence-electron chi connectivity index (χ1n) is 5.33. The van der Waals surface area contributed by atoms with Gasteiger partial charge in [-0.2, -0.15) is 0 Å². The van der Waals surface area contributed by atoms with Crippen molar-refractivity contribution in [3.63, 3.8) is 0 Å². The molecule has 0 N–H and O–H groups in total. The fourth-order valence-electron chi connectivity index (χ4n) is 1.60. The molecule has 0 aliphatic rings. The summed E-state index contributed by atoms with van der Waals surface area (Å²) >= 11 is 5.03. The van der Waals surface area contributed by atoms with Crippen molar-refractivity contribution in [3.8, 4) is 0 Å². The van der Waals surface area contributed by atoms with Crippen LogP contribution in [0.3, 0.4) is 0 Å². The fraction of sp³-hybridized carbons (Fsp3) is 0. The van der Waals surface area contributed by atoms with E-state index in [0.29, 0.717) is 0 Å². The zero-order chi connectivity index (χ0) is 12.4. The van der Waals surface area contributed by atoms with E-state index in [-0.39, 0.29) is 0 Å². The van der Waals surface area contributed by atoms with Gasteiger partial charge in [0, 0.05) is 11.6 Å². The number of hydrogen-bond acceptors (Lipinski definition) is 4. The molecule has 0 aliphatic heterocycles. The largest absolute Gasteiger partial charge is 0.248 e. The van der Waals surface area contributed by atoms with Gasteiger partial charge in [0.2, 0.25) is 0 Å². The number of nitrogens with zero attached hydrogens (tertiary/aromatic N) is 3. The monoisotopic (exact) mass is 317 g/mol. The third kappa shape index (κ3) is 2.23. The molecule has 88 valence electrons. The van der Waals surface area contributed by atoms with Crippen LogP contribution in [0.5, 0.6) is 0 Å². The summed E-state index contributed by atoms with van der Waals surface area (Å²) in [5.41, 5.74) is 0.946. The van der Waals surface area contributed by atoms with E-state index >= 15 is 0 Å². The van der Waals surface area contributed by atoms with Gasteiger partial charge >= 0.3 is 0 Å². The number of hydrogen-bond donors (Lipinski definition) is 0. The number of halogens is 1. The molecule has 0 spiro atoms. The van der Waals surface area contributed by atoms with Gasteiger partial charge in [-0.15, -0.1) is 0 Å². The number of para-hydroxylation sites is 1. The van der Waals surface area contributed by atoms with Gasteiger partial charge in [-0.25, -0.2) is 15.0 Å². The van der Waals surface area contributed by atoms with Gasteiger partial charge in [0.25, 0.3) is 0 Å².